The van der Waals surface area contributed by atoms with E-state index in [-0.39, 0.29) is 0 Å². The fourth-order valence-corrected chi connectivity index (χ4v) is 2.55. The second-order valence-corrected chi connectivity index (χ2v) is 5.50. The highest BCUT2D eigenvalue weighted by molar-refractivity contribution is 5.48. The van der Waals surface area contributed by atoms with Gasteiger partial charge in [-0.05, 0) is 32.4 Å². The maximum absolute atomic E-state index is 4.67. The molecule has 2 rings (SSSR count). The third-order valence-electron chi connectivity index (χ3n) is 3.83. The minimum absolute atomic E-state index is 0.909. The number of hydrogen-bond donors (Lipinski definition) is 1. The molecular formula is C15H27N5. The Bertz CT molecular complexity index is 415. The molecule has 1 aromatic heterocycles. The van der Waals surface area contributed by atoms with Gasteiger partial charge in [0.2, 0.25) is 0 Å². The van der Waals surface area contributed by atoms with Gasteiger partial charge >= 0.3 is 0 Å². The summed E-state index contributed by atoms with van der Waals surface area (Å²) in [6.45, 7) is 6.80. The molecule has 0 unspecified atom stereocenters. The fraction of sp³-hybridized carbons (Fsp3) is 0.733. The van der Waals surface area contributed by atoms with Gasteiger partial charge in [-0.3, -0.25) is 0 Å². The Morgan fingerprint density at radius 3 is 2.70 bits per heavy atom. The average molecular weight is 277 g/mol. The summed E-state index contributed by atoms with van der Waals surface area (Å²) in [4.78, 5) is 13.9. The molecule has 20 heavy (non-hydrogen) atoms. The largest absolute Gasteiger partial charge is 0.373 e. The Balaban J connectivity index is 1.99. The lowest BCUT2D eigenvalue weighted by Crippen LogP contribution is -2.32. The standard InChI is InChI=1S/C15H27N5/c1-4-7-13-17-14(16-2)12-15(18-13)19(3)10-11-20-8-5-6-9-20/h12H,4-11H2,1-3H3,(H,16,17,18). The van der Waals surface area contributed by atoms with Gasteiger partial charge in [0.15, 0.2) is 0 Å². The molecule has 0 saturated carbocycles. The highest BCUT2D eigenvalue weighted by Gasteiger charge is 2.13. The number of aryl methyl sites for hydroxylation is 1. The van der Waals surface area contributed by atoms with E-state index in [1.807, 2.05) is 13.1 Å². The van der Waals surface area contributed by atoms with Crippen LogP contribution in [0.25, 0.3) is 0 Å². The number of nitrogens with one attached hydrogen (secondary N) is 1. The van der Waals surface area contributed by atoms with E-state index in [0.717, 1.165) is 43.4 Å². The Hall–Kier alpha value is -1.36. The number of anilines is 2. The van der Waals surface area contributed by atoms with E-state index >= 15 is 0 Å². The summed E-state index contributed by atoms with van der Waals surface area (Å²) in [5, 5.41) is 3.13. The molecule has 1 fully saturated rings. The summed E-state index contributed by atoms with van der Waals surface area (Å²) in [5.74, 6) is 2.86. The second-order valence-electron chi connectivity index (χ2n) is 5.50. The number of likely N-dealkylation sites (N-methyl/N-ethyl adjacent to an activating group) is 1. The maximum atomic E-state index is 4.67. The summed E-state index contributed by atoms with van der Waals surface area (Å²) >= 11 is 0. The zero-order valence-corrected chi connectivity index (χ0v) is 13.0. The molecule has 1 aliphatic rings. The van der Waals surface area contributed by atoms with E-state index in [1.54, 1.807) is 0 Å². The van der Waals surface area contributed by atoms with Gasteiger partial charge < -0.3 is 15.1 Å². The van der Waals surface area contributed by atoms with Crippen LogP contribution < -0.4 is 10.2 Å². The molecule has 0 aromatic carbocycles. The predicted molar refractivity (Wildman–Crippen MR) is 84.5 cm³/mol. The van der Waals surface area contributed by atoms with Gasteiger partial charge in [0.1, 0.15) is 17.5 Å². The topological polar surface area (TPSA) is 44.3 Å². The van der Waals surface area contributed by atoms with Crippen molar-refractivity contribution in [2.24, 2.45) is 0 Å². The van der Waals surface area contributed by atoms with E-state index in [1.165, 1.54) is 25.9 Å². The first-order valence-electron chi connectivity index (χ1n) is 7.72. The van der Waals surface area contributed by atoms with Crippen molar-refractivity contribution in [2.45, 2.75) is 32.6 Å². The van der Waals surface area contributed by atoms with Crippen LogP contribution in [0.15, 0.2) is 6.07 Å². The Morgan fingerprint density at radius 2 is 2.05 bits per heavy atom. The zero-order valence-electron chi connectivity index (χ0n) is 13.0. The number of hydrogen-bond acceptors (Lipinski definition) is 5. The van der Waals surface area contributed by atoms with Crippen LogP contribution in [0.5, 0.6) is 0 Å². The van der Waals surface area contributed by atoms with Gasteiger partial charge in [-0.2, -0.15) is 0 Å². The third kappa shape index (κ3) is 4.07. The van der Waals surface area contributed by atoms with Crippen molar-refractivity contribution >= 4 is 11.6 Å². The van der Waals surface area contributed by atoms with Gasteiger partial charge in [-0.25, -0.2) is 9.97 Å². The lowest BCUT2D eigenvalue weighted by Gasteiger charge is -2.23. The summed E-state index contributed by atoms with van der Waals surface area (Å²) in [5.41, 5.74) is 0. The van der Waals surface area contributed by atoms with E-state index < -0.39 is 0 Å². The highest BCUT2D eigenvalue weighted by Crippen LogP contribution is 2.16. The summed E-state index contributed by atoms with van der Waals surface area (Å²) in [6.07, 6.45) is 4.70. The summed E-state index contributed by atoms with van der Waals surface area (Å²) in [6, 6.07) is 2.03. The molecule has 0 bridgehead atoms. The van der Waals surface area contributed by atoms with Crippen LogP contribution in [0.2, 0.25) is 0 Å². The van der Waals surface area contributed by atoms with Crippen molar-refractivity contribution in [3.63, 3.8) is 0 Å². The molecule has 0 radical (unpaired) electrons. The number of likely N-dealkylation sites (tertiary alicyclic amines) is 1. The Morgan fingerprint density at radius 1 is 1.30 bits per heavy atom. The van der Waals surface area contributed by atoms with E-state index in [4.69, 9.17) is 0 Å². The van der Waals surface area contributed by atoms with Crippen molar-refractivity contribution in [2.75, 3.05) is 50.5 Å². The number of nitrogens with zero attached hydrogens (tertiary/aromatic N) is 4. The smallest absolute Gasteiger partial charge is 0.134 e. The Kier molecular flexibility index (Phi) is 5.59. The van der Waals surface area contributed by atoms with Gasteiger partial charge in [0.25, 0.3) is 0 Å². The average Bonchev–Trinajstić information content (AvgIpc) is 2.98. The van der Waals surface area contributed by atoms with Crippen LogP contribution in [0.4, 0.5) is 11.6 Å². The molecule has 1 N–H and O–H groups in total. The molecule has 1 aliphatic heterocycles. The SMILES string of the molecule is CCCc1nc(NC)cc(N(C)CCN2CCCC2)n1. The zero-order chi connectivity index (χ0) is 14.4. The lowest BCUT2D eigenvalue weighted by atomic mass is 10.3. The summed E-state index contributed by atoms with van der Waals surface area (Å²) in [7, 11) is 4.03. The van der Waals surface area contributed by atoms with Gasteiger partial charge in [0.05, 0.1) is 0 Å². The lowest BCUT2D eigenvalue weighted by molar-refractivity contribution is 0.346. The van der Waals surface area contributed by atoms with Crippen molar-refractivity contribution < 1.29 is 0 Å². The van der Waals surface area contributed by atoms with Crippen molar-refractivity contribution in [1.29, 1.82) is 0 Å². The van der Waals surface area contributed by atoms with Crippen molar-refractivity contribution in [3.8, 4) is 0 Å². The third-order valence-corrected chi connectivity index (χ3v) is 3.83. The molecule has 1 saturated heterocycles. The fourth-order valence-electron chi connectivity index (χ4n) is 2.55. The molecule has 5 heteroatoms. The first kappa shape index (κ1) is 15.0. The first-order chi connectivity index (χ1) is 9.72. The molecule has 1 aromatic rings. The van der Waals surface area contributed by atoms with Gasteiger partial charge in [0, 0.05) is 39.7 Å². The molecule has 0 spiro atoms. The molecule has 2 heterocycles. The van der Waals surface area contributed by atoms with Crippen molar-refractivity contribution in [3.05, 3.63) is 11.9 Å². The molecule has 0 amide bonds. The van der Waals surface area contributed by atoms with Crippen LogP contribution >= 0.6 is 0 Å². The molecule has 112 valence electrons. The number of aromatic nitrogens is 2. The van der Waals surface area contributed by atoms with E-state index in [9.17, 15) is 0 Å². The molecule has 0 atom stereocenters. The van der Waals surface area contributed by atoms with E-state index in [0.29, 0.717) is 0 Å². The maximum Gasteiger partial charge on any atom is 0.134 e. The second kappa shape index (κ2) is 7.43. The normalized spacial score (nSPS) is 15.6. The van der Waals surface area contributed by atoms with Crippen LogP contribution in [0.1, 0.15) is 32.0 Å². The van der Waals surface area contributed by atoms with Crippen LogP contribution in [-0.2, 0) is 6.42 Å². The minimum Gasteiger partial charge on any atom is -0.373 e. The predicted octanol–water partition coefficient (Wildman–Crippen LogP) is 2.00. The minimum atomic E-state index is 0.909. The summed E-state index contributed by atoms with van der Waals surface area (Å²) < 4.78 is 0. The quantitative estimate of drug-likeness (QED) is 0.826. The van der Waals surface area contributed by atoms with E-state index in [2.05, 4.69) is 39.1 Å². The highest BCUT2D eigenvalue weighted by atomic mass is 15.2. The number of rotatable bonds is 7. The molecule has 0 aliphatic carbocycles. The monoisotopic (exact) mass is 277 g/mol. The first-order valence-corrected chi connectivity index (χ1v) is 7.72. The van der Waals surface area contributed by atoms with Crippen LogP contribution in [0.3, 0.4) is 0 Å². The van der Waals surface area contributed by atoms with Gasteiger partial charge in [-0.1, -0.05) is 6.92 Å². The van der Waals surface area contributed by atoms with Crippen LogP contribution in [0, 0.1) is 0 Å². The van der Waals surface area contributed by atoms with Crippen LogP contribution in [-0.4, -0.2) is 55.1 Å². The van der Waals surface area contributed by atoms with Gasteiger partial charge in [-0.15, -0.1) is 0 Å². The molecule has 5 nitrogen and oxygen atoms in total. The van der Waals surface area contributed by atoms with Crippen molar-refractivity contribution in [1.82, 2.24) is 14.9 Å². The Labute approximate surface area is 122 Å². The molecular weight excluding hydrogens is 250 g/mol.